The van der Waals surface area contributed by atoms with E-state index < -0.39 is 30.5 Å². The van der Waals surface area contributed by atoms with Crippen molar-refractivity contribution in [2.24, 2.45) is 0 Å². The maximum absolute atomic E-state index is 13.6. The van der Waals surface area contributed by atoms with E-state index in [-0.39, 0.29) is 35.7 Å². The van der Waals surface area contributed by atoms with Crippen molar-refractivity contribution >= 4 is 23.2 Å². The second-order valence-corrected chi connectivity index (χ2v) is 9.33. The largest absolute Gasteiger partial charge is 0.461 e. The maximum Gasteiger partial charge on any atom is 0.416 e. The van der Waals surface area contributed by atoms with Gasteiger partial charge in [-0.3, -0.25) is 4.90 Å². The van der Waals surface area contributed by atoms with Crippen LogP contribution in [0.3, 0.4) is 0 Å². The first-order chi connectivity index (χ1) is 18.6. The van der Waals surface area contributed by atoms with Gasteiger partial charge >= 0.3 is 18.2 Å². The predicted octanol–water partition coefficient (Wildman–Crippen LogP) is 3.01. The van der Waals surface area contributed by atoms with Gasteiger partial charge in [-0.1, -0.05) is 12.1 Å². The van der Waals surface area contributed by atoms with Crippen LogP contribution in [0.25, 0.3) is 11.4 Å². The van der Waals surface area contributed by atoms with Crippen molar-refractivity contribution < 1.29 is 32.9 Å². The third-order valence-electron chi connectivity index (χ3n) is 6.51. The fraction of sp³-hybridized carbons (Fsp3) is 0.400. The van der Waals surface area contributed by atoms with Gasteiger partial charge in [0, 0.05) is 18.7 Å². The molecule has 1 aromatic carbocycles. The van der Waals surface area contributed by atoms with Crippen molar-refractivity contribution in [1.82, 2.24) is 19.9 Å². The molecule has 2 aliphatic rings. The average Bonchev–Trinajstić information content (AvgIpc) is 2.92. The van der Waals surface area contributed by atoms with Crippen LogP contribution in [-0.4, -0.2) is 74.6 Å². The number of hydrogen-bond donors (Lipinski definition) is 3. The Labute approximate surface area is 221 Å². The molecule has 2 aromatic heterocycles. The molecule has 2 bridgehead atoms. The molecular formula is C25H26F3N7O4. The van der Waals surface area contributed by atoms with Gasteiger partial charge in [0.05, 0.1) is 42.0 Å². The van der Waals surface area contributed by atoms with Crippen LogP contribution in [0.2, 0.25) is 0 Å². The Kier molecular flexibility index (Phi) is 7.23. The summed E-state index contributed by atoms with van der Waals surface area (Å²) in [4.78, 5) is 34.3. The molecule has 206 valence electrons. The molecule has 0 aliphatic carbocycles. The minimum absolute atomic E-state index is 0.0409. The second-order valence-electron chi connectivity index (χ2n) is 9.33. The number of alkyl halides is 3. The highest BCUT2D eigenvalue weighted by Gasteiger charge is 2.40. The highest BCUT2D eigenvalue weighted by molar-refractivity contribution is 6.04. The van der Waals surface area contributed by atoms with Gasteiger partial charge < -0.3 is 25.2 Å². The summed E-state index contributed by atoms with van der Waals surface area (Å²) in [6.07, 6.45) is -1.35. The summed E-state index contributed by atoms with van der Waals surface area (Å²) in [7, 11) is 0. The Morgan fingerprint density at radius 1 is 1.26 bits per heavy atom. The van der Waals surface area contributed by atoms with E-state index in [9.17, 15) is 23.1 Å². The van der Waals surface area contributed by atoms with Crippen LogP contribution in [-0.2, 0) is 6.18 Å². The molecule has 2 aliphatic heterocycles. The number of carbonyl (C=O) groups excluding carboxylic acids is 1. The van der Waals surface area contributed by atoms with Gasteiger partial charge in [0.25, 0.3) is 0 Å². The number of halogens is 3. The van der Waals surface area contributed by atoms with Crippen LogP contribution in [0.4, 0.5) is 35.2 Å². The Bertz CT molecular complexity index is 1360. The van der Waals surface area contributed by atoms with Crippen molar-refractivity contribution in [3.05, 3.63) is 47.9 Å². The number of anilines is 3. The van der Waals surface area contributed by atoms with E-state index in [1.165, 1.54) is 29.4 Å². The van der Waals surface area contributed by atoms with Crippen molar-refractivity contribution in [2.75, 3.05) is 41.4 Å². The minimum atomic E-state index is -4.52. The smallest absolute Gasteiger partial charge is 0.416 e. The fourth-order valence-corrected chi connectivity index (χ4v) is 4.72. The van der Waals surface area contributed by atoms with Gasteiger partial charge in [0.1, 0.15) is 18.4 Å². The van der Waals surface area contributed by atoms with Gasteiger partial charge in [-0.05, 0) is 31.9 Å². The van der Waals surface area contributed by atoms with Crippen molar-refractivity contribution in [2.45, 2.75) is 38.1 Å². The number of hydrogen-bond acceptors (Lipinski definition) is 9. The SMILES string of the molecule is Cc1nc(-c2cccc(C(F)(F)F)c2)nc2c1N1CCC[C@@H](C1)N2C(=O)Nc1cnc(OCC(O)CO)nc1. The van der Waals surface area contributed by atoms with Crippen LogP contribution in [0.5, 0.6) is 6.01 Å². The molecule has 3 aromatic rings. The number of carbonyl (C=O) groups is 1. The van der Waals surface area contributed by atoms with E-state index in [2.05, 4.69) is 30.2 Å². The van der Waals surface area contributed by atoms with E-state index >= 15 is 0 Å². The molecule has 39 heavy (non-hydrogen) atoms. The molecule has 5 rings (SSSR count). The maximum atomic E-state index is 13.6. The Morgan fingerprint density at radius 2 is 2.03 bits per heavy atom. The van der Waals surface area contributed by atoms with Crippen LogP contribution in [0, 0.1) is 6.92 Å². The number of nitrogens with zero attached hydrogens (tertiary/aromatic N) is 6. The molecule has 1 unspecified atom stereocenters. The third-order valence-corrected chi connectivity index (χ3v) is 6.51. The van der Waals surface area contributed by atoms with E-state index in [0.29, 0.717) is 23.7 Å². The lowest BCUT2D eigenvalue weighted by molar-refractivity contribution is -0.137. The molecule has 1 saturated heterocycles. The predicted molar refractivity (Wildman–Crippen MR) is 135 cm³/mol. The van der Waals surface area contributed by atoms with Crippen LogP contribution in [0.1, 0.15) is 24.1 Å². The third kappa shape index (κ3) is 5.56. The molecule has 1 fully saturated rings. The Hall–Kier alpha value is -4.04. The number of aliphatic hydroxyl groups excluding tert-OH is 2. The van der Waals surface area contributed by atoms with Gasteiger partial charge in [-0.25, -0.2) is 24.7 Å². The van der Waals surface area contributed by atoms with E-state index in [4.69, 9.17) is 9.84 Å². The van der Waals surface area contributed by atoms with E-state index in [1.807, 2.05) is 0 Å². The number of nitrogens with one attached hydrogen (secondary N) is 1. The number of ether oxygens (including phenoxy) is 1. The zero-order valence-electron chi connectivity index (χ0n) is 20.9. The quantitative estimate of drug-likeness (QED) is 0.427. The van der Waals surface area contributed by atoms with Gasteiger partial charge in [0.15, 0.2) is 11.6 Å². The van der Waals surface area contributed by atoms with Crippen molar-refractivity contribution in [3.8, 4) is 17.4 Å². The van der Waals surface area contributed by atoms with Crippen LogP contribution in [0.15, 0.2) is 36.7 Å². The monoisotopic (exact) mass is 545 g/mol. The molecule has 4 heterocycles. The molecule has 0 radical (unpaired) electrons. The molecule has 2 amide bonds. The summed E-state index contributed by atoms with van der Waals surface area (Å²) in [6.45, 7) is 2.42. The first kappa shape index (κ1) is 26.6. The molecule has 0 spiro atoms. The topological polar surface area (TPSA) is 137 Å². The zero-order chi connectivity index (χ0) is 27.7. The Morgan fingerprint density at radius 3 is 2.74 bits per heavy atom. The zero-order valence-corrected chi connectivity index (χ0v) is 20.9. The summed E-state index contributed by atoms with van der Waals surface area (Å²) in [5.74, 6) is 0.411. The van der Waals surface area contributed by atoms with Gasteiger partial charge in [-0.2, -0.15) is 13.2 Å². The molecular weight excluding hydrogens is 519 g/mol. The highest BCUT2D eigenvalue weighted by Crippen LogP contribution is 2.41. The minimum Gasteiger partial charge on any atom is -0.461 e. The van der Waals surface area contributed by atoms with Crippen LogP contribution < -0.4 is 19.9 Å². The lowest BCUT2D eigenvalue weighted by Gasteiger charge is -2.46. The normalized spacial score (nSPS) is 17.4. The van der Waals surface area contributed by atoms with E-state index in [1.54, 1.807) is 6.92 Å². The van der Waals surface area contributed by atoms with Crippen molar-refractivity contribution in [3.63, 3.8) is 0 Å². The number of urea groups is 1. The molecule has 3 N–H and O–H groups in total. The number of aryl methyl sites for hydroxylation is 1. The molecule has 11 nitrogen and oxygen atoms in total. The first-order valence-corrected chi connectivity index (χ1v) is 12.3. The van der Waals surface area contributed by atoms with Crippen molar-refractivity contribution in [1.29, 1.82) is 0 Å². The average molecular weight is 546 g/mol. The number of fused-ring (bicyclic) bond motifs is 4. The summed E-state index contributed by atoms with van der Waals surface area (Å²) in [5.41, 5.74) is 0.878. The van der Waals surface area contributed by atoms with E-state index in [0.717, 1.165) is 31.5 Å². The Balaban J connectivity index is 1.45. The summed E-state index contributed by atoms with van der Waals surface area (Å²) in [6, 6.07) is 4.04. The number of aromatic nitrogens is 4. The summed E-state index contributed by atoms with van der Waals surface area (Å²) >= 11 is 0. The molecule has 2 atom stereocenters. The molecule has 0 saturated carbocycles. The highest BCUT2D eigenvalue weighted by atomic mass is 19.4. The number of rotatable bonds is 6. The molecule has 14 heteroatoms. The fourth-order valence-electron chi connectivity index (χ4n) is 4.72. The number of amides is 2. The lowest BCUT2D eigenvalue weighted by atomic mass is 9.99. The number of benzene rings is 1. The van der Waals surface area contributed by atoms with Crippen LogP contribution >= 0.6 is 0 Å². The number of aliphatic hydroxyl groups is 2. The summed E-state index contributed by atoms with van der Waals surface area (Å²) < 4.78 is 45.2. The lowest BCUT2D eigenvalue weighted by Crippen LogP contribution is -2.56. The second kappa shape index (κ2) is 10.6. The van der Waals surface area contributed by atoms with Gasteiger partial charge in [-0.15, -0.1) is 0 Å². The first-order valence-electron chi connectivity index (χ1n) is 12.3. The standard InChI is InChI=1S/C25H26F3N7O4/c1-14-20-22(33-21(31-14)15-4-2-5-16(8-15)25(26,27)28)35(18-6-3-7-34(20)11-18)24(38)32-17-9-29-23(30-10-17)39-13-19(37)12-36/h2,4-5,8-10,18-19,36-37H,3,6-7,11-13H2,1H3,(H,32,38)/t18-,19?/m0/s1. The number of piperidine rings is 1. The van der Waals surface area contributed by atoms with Gasteiger partial charge in [0.2, 0.25) is 0 Å². The summed E-state index contributed by atoms with van der Waals surface area (Å²) in [5, 5.41) is 21.0.